The normalized spacial score (nSPS) is 26.5. The van der Waals surface area contributed by atoms with Crippen LogP contribution in [-0.2, 0) is 19.0 Å². The summed E-state index contributed by atoms with van der Waals surface area (Å²) in [7, 11) is 1.30. The van der Waals surface area contributed by atoms with Gasteiger partial charge in [-0.3, -0.25) is 4.79 Å². The Labute approximate surface area is 95.7 Å². The van der Waals surface area contributed by atoms with Crippen LogP contribution in [0.5, 0.6) is 0 Å². The van der Waals surface area contributed by atoms with Crippen molar-refractivity contribution >= 4 is 5.97 Å². The number of ether oxygens (including phenoxy) is 3. The zero-order chi connectivity index (χ0) is 12.6. The number of methoxy groups -OCH3 is 1. The first-order chi connectivity index (χ1) is 7.20. The summed E-state index contributed by atoms with van der Waals surface area (Å²) in [5, 5.41) is 10.1. The lowest BCUT2D eigenvalue weighted by molar-refractivity contribution is -0.176. The van der Waals surface area contributed by atoms with E-state index in [2.05, 4.69) is 4.74 Å². The second-order valence-corrected chi connectivity index (χ2v) is 5.03. The highest BCUT2D eigenvalue weighted by molar-refractivity contribution is 5.76. The molecule has 0 amide bonds. The van der Waals surface area contributed by atoms with E-state index < -0.39 is 29.4 Å². The van der Waals surface area contributed by atoms with Crippen LogP contribution in [0.2, 0.25) is 0 Å². The molecule has 0 unspecified atom stereocenters. The zero-order valence-corrected chi connectivity index (χ0v) is 10.4. The maximum atomic E-state index is 11.5. The Balaban J connectivity index is 2.71. The number of hydrogen-bond acceptors (Lipinski definition) is 5. The Morgan fingerprint density at radius 1 is 1.56 bits per heavy atom. The molecule has 1 heterocycles. The third-order valence-corrected chi connectivity index (χ3v) is 2.83. The number of esters is 1. The molecule has 1 fully saturated rings. The second kappa shape index (κ2) is 4.31. The Morgan fingerprint density at radius 2 is 2.12 bits per heavy atom. The largest absolute Gasteiger partial charge is 0.469 e. The molecule has 0 aromatic carbocycles. The third kappa shape index (κ3) is 2.53. The Morgan fingerprint density at radius 3 is 2.50 bits per heavy atom. The van der Waals surface area contributed by atoms with Crippen LogP contribution >= 0.6 is 0 Å². The maximum Gasteiger partial charge on any atom is 0.313 e. The average Bonchev–Trinajstić information content (AvgIpc) is 2.56. The van der Waals surface area contributed by atoms with Crippen molar-refractivity contribution in [3.05, 3.63) is 0 Å². The number of aliphatic hydroxyl groups is 1. The fraction of sp³-hybridized carbons (Fsp3) is 0.909. The lowest BCUT2D eigenvalue weighted by atomic mass is 9.83. The summed E-state index contributed by atoms with van der Waals surface area (Å²) in [6.45, 7) is 7.06. The van der Waals surface area contributed by atoms with Gasteiger partial charge in [-0.1, -0.05) is 0 Å². The molecule has 0 saturated carbocycles. The van der Waals surface area contributed by atoms with Gasteiger partial charge in [0.25, 0.3) is 0 Å². The van der Waals surface area contributed by atoms with E-state index in [1.807, 2.05) is 0 Å². The van der Waals surface area contributed by atoms with Crippen LogP contribution in [0.25, 0.3) is 0 Å². The standard InChI is InChI=1S/C11H20O5/c1-10(2,9(13)14-5)8(12)7-6-15-11(3,4)16-7/h7-8,12H,6H2,1-5H3/t7-,8+/m1/s1. The number of carbonyl (C=O) groups excluding carboxylic acids is 1. The molecule has 0 aromatic rings. The van der Waals surface area contributed by atoms with E-state index in [0.29, 0.717) is 0 Å². The van der Waals surface area contributed by atoms with Crippen LogP contribution < -0.4 is 0 Å². The first-order valence-electron chi connectivity index (χ1n) is 5.29. The molecular weight excluding hydrogens is 212 g/mol. The van der Waals surface area contributed by atoms with Gasteiger partial charge in [-0.15, -0.1) is 0 Å². The van der Waals surface area contributed by atoms with E-state index >= 15 is 0 Å². The van der Waals surface area contributed by atoms with Gasteiger partial charge in [0.15, 0.2) is 5.79 Å². The molecule has 0 radical (unpaired) electrons. The summed E-state index contributed by atoms with van der Waals surface area (Å²) in [4.78, 5) is 11.5. The van der Waals surface area contributed by atoms with E-state index in [9.17, 15) is 9.90 Å². The van der Waals surface area contributed by atoms with Crippen molar-refractivity contribution in [1.29, 1.82) is 0 Å². The summed E-state index contributed by atoms with van der Waals surface area (Å²) < 4.78 is 15.5. The fourth-order valence-electron chi connectivity index (χ4n) is 1.72. The molecule has 1 saturated heterocycles. The van der Waals surface area contributed by atoms with Gasteiger partial charge in [0.1, 0.15) is 6.10 Å². The van der Waals surface area contributed by atoms with Crippen LogP contribution in [0.15, 0.2) is 0 Å². The SMILES string of the molecule is COC(=O)C(C)(C)[C@@H](O)[C@H]1COC(C)(C)O1. The van der Waals surface area contributed by atoms with Crippen molar-refractivity contribution in [2.45, 2.75) is 45.7 Å². The Hall–Kier alpha value is -0.650. The topological polar surface area (TPSA) is 65.0 Å². The van der Waals surface area contributed by atoms with Gasteiger partial charge in [0.2, 0.25) is 0 Å². The van der Waals surface area contributed by atoms with Gasteiger partial charge in [-0.05, 0) is 27.7 Å². The van der Waals surface area contributed by atoms with Crippen molar-refractivity contribution in [1.82, 2.24) is 0 Å². The van der Waals surface area contributed by atoms with E-state index in [0.717, 1.165) is 0 Å². The van der Waals surface area contributed by atoms with Gasteiger partial charge in [0.05, 0.1) is 25.2 Å². The van der Waals surface area contributed by atoms with Crippen molar-refractivity contribution in [2.24, 2.45) is 5.41 Å². The smallest absolute Gasteiger partial charge is 0.313 e. The minimum absolute atomic E-state index is 0.272. The molecule has 1 aliphatic rings. The first kappa shape index (κ1) is 13.4. The molecule has 0 bridgehead atoms. The van der Waals surface area contributed by atoms with Crippen LogP contribution in [0.3, 0.4) is 0 Å². The molecule has 5 heteroatoms. The predicted octanol–water partition coefficient (Wildman–Crippen LogP) is 0.698. The molecule has 2 atom stereocenters. The molecule has 16 heavy (non-hydrogen) atoms. The number of rotatable bonds is 3. The molecular formula is C11H20O5. The third-order valence-electron chi connectivity index (χ3n) is 2.83. The summed E-state index contributed by atoms with van der Waals surface area (Å²) in [5.74, 6) is -1.18. The van der Waals surface area contributed by atoms with Gasteiger partial charge < -0.3 is 19.3 Å². The lowest BCUT2D eigenvalue weighted by Gasteiger charge is -2.31. The second-order valence-electron chi connectivity index (χ2n) is 5.03. The highest BCUT2D eigenvalue weighted by Crippen LogP contribution is 2.32. The average molecular weight is 232 g/mol. The molecule has 5 nitrogen and oxygen atoms in total. The van der Waals surface area contributed by atoms with Crippen LogP contribution in [-0.4, -0.2) is 42.8 Å². The molecule has 0 aromatic heterocycles. The van der Waals surface area contributed by atoms with Crippen molar-refractivity contribution in [3.63, 3.8) is 0 Å². The summed E-state index contributed by atoms with van der Waals surface area (Å²) >= 11 is 0. The van der Waals surface area contributed by atoms with Gasteiger partial charge in [0, 0.05) is 0 Å². The van der Waals surface area contributed by atoms with Gasteiger partial charge in [-0.25, -0.2) is 0 Å². The maximum absolute atomic E-state index is 11.5. The number of hydrogen-bond donors (Lipinski definition) is 1. The van der Waals surface area contributed by atoms with Gasteiger partial charge in [-0.2, -0.15) is 0 Å². The summed E-state index contributed by atoms with van der Waals surface area (Å²) in [6.07, 6.45) is -1.47. The fourth-order valence-corrected chi connectivity index (χ4v) is 1.72. The van der Waals surface area contributed by atoms with E-state index in [1.165, 1.54) is 7.11 Å². The predicted molar refractivity (Wildman–Crippen MR) is 56.7 cm³/mol. The highest BCUT2D eigenvalue weighted by Gasteiger charge is 2.46. The number of carbonyl (C=O) groups is 1. The monoisotopic (exact) mass is 232 g/mol. The molecule has 0 aliphatic carbocycles. The van der Waals surface area contributed by atoms with E-state index in [4.69, 9.17) is 9.47 Å². The molecule has 94 valence electrons. The molecule has 1 N–H and O–H groups in total. The molecule has 1 aliphatic heterocycles. The van der Waals surface area contributed by atoms with Crippen molar-refractivity contribution in [2.75, 3.05) is 13.7 Å². The lowest BCUT2D eigenvalue weighted by Crippen LogP contribution is -2.46. The quantitative estimate of drug-likeness (QED) is 0.725. The van der Waals surface area contributed by atoms with Crippen molar-refractivity contribution < 1.29 is 24.1 Å². The number of aliphatic hydroxyl groups excluding tert-OH is 1. The summed E-state index contributed by atoms with van der Waals surface area (Å²) in [5.41, 5.74) is -1.01. The van der Waals surface area contributed by atoms with Gasteiger partial charge >= 0.3 is 5.97 Å². The van der Waals surface area contributed by atoms with Crippen LogP contribution in [0.1, 0.15) is 27.7 Å². The van der Waals surface area contributed by atoms with Crippen LogP contribution in [0, 0.1) is 5.41 Å². The minimum Gasteiger partial charge on any atom is -0.469 e. The Kier molecular flexibility index (Phi) is 3.62. The van der Waals surface area contributed by atoms with Crippen molar-refractivity contribution in [3.8, 4) is 0 Å². The summed E-state index contributed by atoms with van der Waals surface area (Å²) in [6, 6.07) is 0. The molecule has 0 spiro atoms. The first-order valence-corrected chi connectivity index (χ1v) is 5.29. The zero-order valence-electron chi connectivity index (χ0n) is 10.4. The van der Waals surface area contributed by atoms with E-state index in [1.54, 1.807) is 27.7 Å². The minimum atomic E-state index is -1.01. The van der Waals surface area contributed by atoms with Crippen LogP contribution in [0.4, 0.5) is 0 Å². The Bertz CT molecular complexity index is 272. The highest BCUT2D eigenvalue weighted by atomic mass is 16.7. The molecule has 1 rings (SSSR count). The van der Waals surface area contributed by atoms with E-state index in [-0.39, 0.29) is 6.61 Å².